The molecule has 1 N–H and O–H groups in total. The van der Waals surface area contributed by atoms with Gasteiger partial charge in [-0.25, -0.2) is 18.4 Å². The van der Waals surface area contributed by atoms with Gasteiger partial charge < -0.3 is 33.6 Å². The number of nitrogens with one attached hydrogen (secondary N) is 1. The molecule has 0 aliphatic carbocycles. The van der Waals surface area contributed by atoms with Gasteiger partial charge in [0.15, 0.2) is 5.82 Å². The average molecular weight is 1180 g/mol. The molecule has 7 fully saturated rings. The Morgan fingerprint density at radius 1 is 0.849 bits per heavy atom. The maximum absolute atomic E-state index is 17.5. The molecule has 0 radical (unpaired) electrons. The molecule has 5 atom stereocenters. The second-order valence-corrected chi connectivity index (χ2v) is 25.2. The molecular formula is C64H68F2N10O10. The number of fused-ring (bicyclic) bond motifs is 6. The first-order valence-electron chi connectivity index (χ1n) is 29.9. The quantitative estimate of drug-likeness (QED) is 0.0756. The van der Waals surface area contributed by atoms with Gasteiger partial charge in [0.1, 0.15) is 47.7 Å². The molecule has 3 aromatic carbocycles. The van der Waals surface area contributed by atoms with Gasteiger partial charge in [0, 0.05) is 81.1 Å². The van der Waals surface area contributed by atoms with Crippen molar-refractivity contribution in [3.63, 3.8) is 0 Å². The van der Waals surface area contributed by atoms with Gasteiger partial charge in [-0.1, -0.05) is 42.3 Å². The van der Waals surface area contributed by atoms with Crippen LogP contribution < -0.4 is 19.9 Å². The molecule has 5 aromatic rings. The zero-order valence-electron chi connectivity index (χ0n) is 48.5. The summed E-state index contributed by atoms with van der Waals surface area (Å²) in [6.07, 6.45) is 13.2. The van der Waals surface area contributed by atoms with E-state index in [0.717, 1.165) is 48.3 Å². The first-order chi connectivity index (χ1) is 41.3. The third kappa shape index (κ3) is 10.4. The molecule has 10 heterocycles. The van der Waals surface area contributed by atoms with Crippen molar-refractivity contribution in [2.24, 2.45) is 0 Å². The van der Waals surface area contributed by atoms with Crippen molar-refractivity contribution in [3.8, 4) is 29.6 Å². The number of rotatable bonds is 11. The molecule has 22 heteroatoms. The van der Waals surface area contributed by atoms with Crippen molar-refractivity contribution >= 4 is 69.0 Å². The summed E-state index contributed by atoms with van der Waals surface area (Å²) in [5, 5.41) is 3.55. The summed E-state index contributed by atoms with van der Waals surface area (Å²) >= 11 is 0. The van der Waals surface area contributed by atoms with Crippen LogP contribution in [0.25, 0.3) is 32.9 Å². The van der Waals surface area contributed by atoms with E-state index in [-0.39, 0.29) is 102 Å². The lowest BCUT2D eigenvalue weighted by atomic mass is 9.94. The highest BCUT2D eigenvalue weighted by Gasteiger charge is 2.52. The Morgan fingerprint density at radius 3 is 2.30 bits per heavy atom. The number of anilines is 2. The number of likely N-dealkylation sites (tertiary alicyclic amines) is 1. The Labute approximate surface area is 496 Å². The third-order valence-electron chi connectivity index (χ3n) is 18.6. The van der Waals surface area contributed by atoms with Gasteiger partial charge in [0.2, 0.25) is 11.8 Å². The molecule has 6 amide bonds. The summed E-state index contributed by atoms with van der Waals surface area (Å²) < 4.78 is 57.9. The van der Waals surface area contributed by atoms with E-state index in [1.807, 2.05) is 36.6 Å². The highest BCUT2D eigenvalue weighted by Crippen LogP contribution is 2.46. The van der Waals surface area contributed by atoms with Crippen molar-refractivity contribution < 1.29 is 56.5 Å². The number of benzene rings is 3. The average Bonchev–Trinajstić information content (AvgIpc) is 1.57. The monoisotopic (exact) mass is 1170 g/mol. The molecule has 20 nitrogen and oxygen atoms in total. The molecule has 0 saturated carbocycles. The number of halogens is 2. The van der Waals surface area contributed by atoms with Gasteiger partial charge in [-0.3, -0.25) is 44.2 Å². The molecule has 86 heavy (non-hydrogen) atoms. The summed E-state index contributed by atoms with van der Waals surface area (Å²) in [6, 6.07) is 11.7. The standard InChI is InChI=1S/C64H68F2N10O10/c1-6-44-49(65)15-10-37-8-7-9-46(52(37)44)54-53(66)55-48(30-67-54)56(73-32-39-11-12-40(33-73)75(39)62(82)86-63(3,4)5)70-60(69-55)84-35-64-23-18-41(74(64)31-36(2)29-64)34-83-61(81)72-26-21-43(22-27-72)85-42-19-24-71(25-20-42)38-13-14-45-47(28-38)59(80)76(58(45)79)50-16-17-51(77)68-57(50)78/h1,7-10,13-15,28,30,39-43,50H,2,11-12,16-27,29,31-35H2,3-5H3,(H,68,77,78)/t39-,40+,41-,50?,64-/m0/s1. The van der Waals surface area contributed by atoms with Crippen molar-refractivity contribution in [2.45, 2.75) is 139 Å². The van der Waals surface area contributed by atoms with Crippen molar-refractivity contribution in [3.05, 3.63) is 95.2 Å². The molecule has 13 rings (SSSR count). The van der Waals surface area contributed by atoms with Crippen LogP contribution in [0.1, 0.15) is 118 Å². The molecule has 8 aliphatic heterocycles. The second kappa shape index (κ2) is 22.2. The number of ether oxygens (including phenoxy) is 4. The van der Waals surface area contributed by atoms with E-state index >= 15 is 8.78 Å². The Hall–Kier alpha value is -8.29. The summed E-state index contributed by atoms with van der Waals surface area (Å²) in [7, 11) is 0. The van der Waals surface area contributed by atoms with Crippen LogP contribution in [-0.2, 0) is 23.8 Å². The van der Waals surface area contributed by atoms with Gasteiger partial charge in [0.25, 0.3) is 11.8 Å². The second-order valence-electron chi connectivity index (χ2n) is 25.2. The molecule has 2 aromatic heterocycles. The minimum Gasteiger partial charge on any atom is -0.461 e. The summed E-state index contributed by atoms with van der Waals surface area (Å²) in [5.41, 5.74) is 1.30. The molecule has 2 bridgehead atoms. The zero-order valence-corrected chi connectivity index (χ0v) is 48.5. The van der Waals surface area contributed by atoms with Gasteiger partial charge in [-0.05, 0) is 115 Å². The first kappa shape index (κ1) is 56.8. The van der Waals surface area contributed by atoms with E-state index in [1.54, 1.807) is 41.3 Å². The van der Waals surface area contributed by atoms with Gasteiger partial charge in [-0.2, -0.15) is 9.97 Å². The van der Waals surface area contributed by atoms with Gasteiger partial charge >= 0.3 is 18.2 Å². The Balaban J connectivity index is 0.645. The molecule has 448 valence electrons. The first-order valence-corrected chi connectivity index (χ1v) is 29.9. The highest BCUT2D eigenvalue weighted by molar-refractivity contribution is 6.23. The molecule has 1 unspecified atom stereocenters. The van der Waals surface area contributed by atoms with E-state index in [2.05, 4.69) is 32.6 Å². The number of terminal acetylenes is 1. The maximum atomic E-state index is 17.5. The van der Waals surface area contributed by atoms with Crippen LogP contribution in [-0.4, -0.2) is 177 Å². The fraction of sp³-hybridized carbons (Fsp3) is 0.484. The number of aromatic nitrogens is 3. The topological polar surface area (TPSA) is 209 Å². The molecule has 0 spiro atoms. The Bertz CT molecular complexity index is 3690. The number of amides is 6. The van der Waals surface area contributed by atoms with Gasteiger partial charge in [-0.15, -0.1) is 6.42 Å². The third-order valence-corrected chi connectivity index (χ3v) is 18.6. The van der Waals surface area contributed by atoms with Crippen LogP contribution in [0.2, 0.25) is 0 Å². The van der Waals surface area contributed by atoms with Crippen molar-refractivity contribution in [1.82, 2.24) is 39.9 Å². The lowest BCUT2D eigenvalue weighted by Gasteiger charge is -2.42. The van der Waals surface area contributed by atoms with Crippen LogP contribution >= 0.6 is 0 Å². The molecule has 8 aliphatic rings. The van der Waals surface area contributed by atoms with E-state index in [0.29, 0.717) is 99.0 Å². The number of nitrogens with zero attached hydrogens (tertiary/aromatic N) is 9. The van der Waals surface area contributed by atoms with E-state index < -0.39 is 52.4 Å². The minimum atomic E-state index is -1.02. The number of piperazine rings is 1. The lowest BCUT2D eigenvalue weighted by Crippen LogP contribution is -2.57. The number of pyridine rings is 1. The number of carbonyl (C=O) groups is 6. The SMILES string of the molecule is C#Cc1c(F)ccc2cccc(-c3ncc4c(N5C[C@H]6CC[C@@H](C5)N6C(=O)OC(C)(C)C)nc(OC[C@@]56CC[C@@H](COC(=O)N7CCC(OC8CCN(c9ccc%10c(c9)C(=O)N(C9CCC(=O)NC9=O)C%10=O)CC8)CC7)N5CC(=C)C6)nc4c3F)c12. The fourth-order valence-electron chi connectivity index (χ4n) is 14.5. The van der Waals surface area contributed by atoms with Crippen LogP contribution in [0.4, 0.5) is 29.9 Å². The van der Waals surface area contributed by atoms with Crippen LogP contribution in [0.5, 0.6) is 6.01 Å². The summed E-state index contributed by atoms with van der Waals surface area (Å²) in [5.74, 6) is -0.637. The normalized spacial score (nSPS) is 24.7. The van der Waals surface area contributed by atoms with Crippen LogP contribution in [0.15, 0.2) is 66.9 Å². The summed E-state index contributed by atoms with van der Waals surface area (Å²) in [4.78, 5) is 104. The Morgan fingerprint density at radius 2 is 1.58 bits per heavy atom. The number of piperidine rings is 3. The molecular weight excluding hydrogens is 1110 g/mol. The summed E-state index contributed by atoms with van der Waals surface area (Å²) in [6.45, 7) is 13.9. The van der Waals surface area contributed by atoms with Crippen LogP contribution in [0, 0.1) is 24.0 Å². The highest BCUT2D eigenvalue weighted by atomic mass is 19.1. The minimum absolute atomic E-state index is 0.00342. The Kier molecular flexibility index (Phi) is 14.7. The number of imide groups is 2. The van der Waals surface area contributed by atoms with Crippen LogP contribution in [0.3, 0.4) is 0 Å². The van der Waals surface area contributed by atoms with E-state index in [4.69, 9.17) is 35.3 Å². The lowest BCUT2D eigenvalue weighted by molar-refractivity contribution is -0.136. The van der Waals surface area contributed by atoms with E-state index in [1.165, 1.54) is 12.3 Å². The van der Waals surface area contributed by atoms with Crippen molar-refractivity contribution in [1.29, 1.82) is 0 Å². The maximum Gasteiger partial charge on any atom is 0.410 e. The number of hydrogen-bond acceptors (Lipinski definition) is 16. The predicted octanol–water partition coefficient (Wildman–Crippen LogP) is 7.92. The number of hydrogen-bond donors (Lipinski definition) is 1. The number of carbonyl (C=O) groups excluding carboxylic acids is 6. The van der Waals surface area contributed by atoms with E-state index in [9.17, 15) is 28.8 Å². The zero-order chi connectivity index (χ0) is 59.9. The predicted molar refractivity (Wildman–Crippen MR) is 312 cm³/mol. The van der Waals surface area contributed by atoms with Crippen molar-refractivity contribution in [2.75, 3.05) is 68.8 Å². The van der Waals surface area contributed by atoms with Gasteiger partial charge in [0.05, 0.1) is 51.9 Å². The largest absolute Gasteiger partial charge is 0.461 e. The molecule has 7 saturated heterocycles. The smallest absolute Gasteiger partial charge is 0.410 e. The fourth-order valence-corrected chi connectivity index (χ4v) is 14.5.